The van der Waals surface area contributed by atoms with Gasteiger partial charge in [-0.05, 0) is 25.5 Å². The number of carbonyl (C=O) groups is 2. The summed E-state index contributed by atoms with van der Waals surface area (Å²) >= 11 is 0. The van der Waals surface area contributed by atoms with Crippen LogP contribution in [0.2, 0.25) is 0 Å². The number of aryl methyl sites for hydroxylation is 1. The van der Waals surface area contributed by atoms with Crippen molar-refractivity contribution in [2.24, 2.45) is 0 Å². The van der Waals surface area contributed by atoms with Crippen LogP contribution in [-0.2, 0) is 10.8 Å². The number of carboxylic acid groups (broad SMARTS) is 1. The van der Waals surface area contributed by atoms with Crippen molar-refractivity contribution in [3.05, 3.63) is 29.3 Å². The number of hydrogen-bond acceptors (Lipinski definition) is 3. The highest BCUT2D eigenvalue weighted by atomic mass is 32.2. The number of benzene rings is 1. The van der Waals surface area contributed by atoms with Crippen LogP contribution in [0.3, 0.4) is 0 Å². The summed E-state index contributed by atoms with van der Waals surface area (Å²) in [5.74, 6) is -1.10. The molecule has 0 fully saturated rings. The second-order valence-electron chi connectivity index (χ2n) is 4.45. The summed E-state index contributed by atoms with van der Waals surface area (Å²) in [5, 5.41) is 14.0. The second-order valence-corrected chi connectivity index (χ2v) is 6.25. The highest BCUT2D eigenvalue weighted by Gasteiger charge is 2.15. The molecular formula is C13H18N2O4S. The number of anilines is 1. The molecule has 2 unspecified atom stereocenters. The van der Waals surface area contributed by atoms with Gasteiger partial charge in [0.25, 0.3) is 0 Å². The predicted molar refractivity (Wildman–Crippen MR) is 78.7 cm³/mol. The first-order chi connectivity index (χ1) is 9.32. The maximum Gasteiger partial charge on any atom is 0.337 e. The molecule has 0 saturated carbocycles. The minimum Gasteiger partial charge on any atom is -0.478 e. The molecule has 2 atom stereocenters. The molecule has 1 rings (SSSR count). The van der Waals surface area contributed by atoms with Crippen LogP contribution in [0.4, 0.5) is 10.5 Å². The lowest BCUT2D eigenvalue weighted by Crippen LogP contribution is -2.36. The molecule has 0 heterocycles. The molecular weight excluding hydrogens is 280 g/mol. The van der Waals surface area contributed by atoms with Crippen LogP contribution < -0.4 is 10.6 Å². The minimum atomic E-state index is -1.10. The van der Waals surface area contributed by atoms with Gasteiger partial charge >= 0.3 is 12.0 Å². The van der Waals surface area contributed by atoms with Crippen molar-refractivity contribution < 1.29 is 18.9 Å². The first-order valence-electron chi connectivity index (χ1n) is 6.03. The van der Waals surface area contributed by atoms with E-state index in [0.717, 1.165) is 0 Å². The minimum absolute atomic E-state index is 0.0345. The topological polar surface area (TPSA) is 95.5 Å². The van der Waals surface area contributed by atoms with Crippen molar-refractivity contribution in [3.8, 4) is 0 Å². The Hall–Kier alpha value is -1.89. The molecule has 0 aliphatic carbocycles. The summed E-state index contributed by atoms with van der Waals surface area (Å²) < 4.78 is 11.2. The smallest absolute Gasteiger partial charge is 0.337 e. The lowest BCUT2D eigenvalue weighted by Gasteiger charge is -2.14. The first kappa shape index (κ1) is 16.2. The Morgan fingerprint density at radius 2 is 2.05 bits per heavy atom. The van der Waals surface area contributed by atoms with Crippen LogP contribution >= 0.6 is 0 Å². The van der Waals surface area contributed by atoms with Gasteiger partial charge in [-0.3, -0.25) is 4.21 Å². The van der Waals surface area contributed by atoms with Gasteiger partial charge in [-0.25, -0.2) is 9.59 Å². The third-order valence-corrected chi connectivity index (χ3v) is 4.16. The number of carboxylic acids is 1. The highest BCUT2D eigenvalue weighted by Crippen LogP contribution is 2.20. The maximum atomic E-state index is 11.8. The highest BCUT2D eigenvalue weighted by molar-refractivity contribution is 7.84. The Balaban J connectivity index is 2.76. The molecule has 0 aliphatic heterocycles. The molecule has 7 heteroatoms. The molecule has 0 saturated heterocycles. The molecule has 2 amide bonds. The standard InChI is InChI=1S/C13H18N2O4S/c1-8-5-4-6-10(12(16)17)11(8)15-13(18)14-7-9(2)20(3)19/h4-6,9H,7H2,1-3H3,(H,16,17)(H2,14,15,18). The second kappa shape index (κ2) is 7.04. The Morgan fingerprint density at radius 3 is 2.60 bits per heavy atom. The molecule has 0 aromatic heterocycles. The summed E-state index contributed by atoms with van der Waals surface area (Å²) in [6.45, 7) is 3.72. The monoisotopic (exact) mass is 298 g/mol. The summed E-state index contributed by atoms with van der Waals surface area (Å²) in [7, 11) is -1.03. The van der Waals surface area contributed by atoms with Crippen LogP contribution in [0.5, 0.6) is 0 Å². The Morgan fingerprint density at radius 1 is 1.40 bits per heavy atom. The molecule has 1 aromatic rings. The SMILES string of the molecule is Cc1cccc(C(=O)O)c1NC(=O)NCC(C)S(C)=O. The van der Waals surface area contributed by atoms with E-state index in [-0.39, 0.29) is 23.0 Å². The van der Waals surface area contributed by atoms with Crippen LogP contribution in [-0.4, -0.2) is 39.4 Å². The van der Waals surface area contributed by atoms with Gasteiger partial charge in [0.2, 0.25) is 0 Å². The van der Waals surface area contributed by atoms with Crippen LogP contribution in [0.15, 0.2) is 18.2 Å². The summed E-state index contributed by atoms with van der Waals surface area (Å²) in [4.78, 5) is 22.9. The van der Waals surface area contributed by atoms with Gasteiger partial charge in [0.1, 0.15) is 0 Å². The molecule has 1 aromatic carbocycles. The first-order valence-corrected chi connectivity index (χ1v) is 7.65. The van der Waals surface area contributed by atoms with Crippen LogP contribution in [0, 0.1) is 6.92 Å². The van der Waals surface area contributed by atoms with Gasteiger partial charge in [-0.1, -0.05) is 12.1 Å². The number of hydrogen-bond donors (Lipinski definition) is 3. The average molecular weight is 298 g/mol. The number of urea groups is 1. The van der Waals surface area contributed by atoms with E-state index in [4.69, 9.17) is 5.11 Å². The molecule has 20 heavy (non-hydrogen) atoms. The van der Waals surface area contributed by atoms with Crippen molar-refractivity contribution in [1.29, 1.82) is 0 Å². The molecule has 0 aliphatic rings. The fourth-order valence-electron chi connectivity index (χ4n) is 1.52. The van der Waals surface area contributed by atoms with Crippen molar-refractivity contribution >= 4 is 28.5 Å². The van der Waals surface area contributed by atoms with E-state index < -0.39 is 22.8 Å². The van der Waals surface area contributed by atoms with Crippen molar-refractivity contribution in [1.82, 2.24) is 5.32 Å². The Bertz CT molecular complexity index is 545. The van der Waals surface area contributed by atoms with E-state index in [1.54, 1.807) is 32.2 Å². The van der Waals surface area contributed by atoms with Gasteiger partial charge in [0.15, 0.2) is 0 Å². The third kappa shape index (κ3) is 4.34. The molecule has 0 radical (unpaired) electrons. The number of aromatic carboxylic acids is 1. The van der Waals surface area contributed by atoms with Gasteiger partial charge in [-0.15, -0.1) is 0 Å². The quantitative estimate of drug-likeness (QED) is 0.769. The summed E-state index contributed by atoms with van der Waals surface area (Å²) in [5.41, 5.74) is 0.960. The third-order valence-electron chi connectivity index (χ3n) is 2.86. The van der Waals surface area contributed by atoms with Gasteiger partial charge < -0.3 is 15.7 Å². The molecule has 3 N–H and O–H groups in total. The zero-order chi connectivity index (χ0) is 15.3. The zero-order valence-electron chi connectivity index (χ0n) is 11.6. The van der Waals surface area contributed by atoms with E-state index in [9.17, 15) is 13.8 Å². The number of rotatable bonds is 5. The lowest BCUT2D eigenvalue weighted by molar-refractivity contribution is 0.0698. The Kier molecular flexibility index (Phi) is 5.69. The average Bonchev–Trinajstić information content (AvgIpc) is 2.37. The van der Waals surface area contributed by atoms with Gasteiger partial charge in [-0.2, -0.15) is 0 Å². The molecule has 110 valence electrons. The molecule has 6 nitrogen and oxygen atoms in total. The normalized spacial score (nSPS) is 13.3. The van der Waals surface area contributed by atoms with Crippen LogP contribution in [0.1, 0.15) is 22.8 Å². The van der Waals surface area contributed by atoms with Crippen molar-refractivity contribution in [3.63, 3.8) is 0 Å². The van der Waals surface area contributed by atoms with Crippen molar-refractivity contribution in [2.75, 3.05) is 18.1 Å². The summed E-state index contributed by atoms with van der Waals surface area (Å²) in [6.07, 6.45) is 1.56. The lowest BCUT2D eigenvalue weighted by atomic mass is 10.1. The van der Waals surface area contributed by atoms with E-state index in [1.807, 2.05) is 0 Å². The fraction of sp³-hybridized carbons (Fsp3) is 0.385. The Labute approximate surface area is 120 Å². The predicted octanol–water partition coefficient (Wildman–Crippen LogP) is 1.58. The largest absolute Gasteiger partial charge is 0.478 e. The van der Waals surface area contributed by atoms with E-state index >= 15 is 0 Å². The summed E-state index contributed by atoms with van der Waals surface area (Å²) in [6, 6.07) is 4.24. The number of nitrogens with one attached hydrogen (secondary N) is 2. The number of amides is 2. The molecule has 0 bridgehead atoms. The van der Waals surface area contributed by atoms with Crippen molar-refractivity contribution in [2.45, 2.75) is 19.1 Å². The van der Waals surface area contributed by atoms with E-state index in [0.29, 0.717) is 5.56 Å². The number of para-hydroxylation sites is 1. The van der Waals surface area contributed by atoms with E-state index in [2.05, 4.69) is 10.6 Å². The van der Waals surface area contributed by atoms with Gasteiger partial charge in [0, 0.05) is 28.9 Å². The fourth-order valence-corrected chi connectivity index (χ4v) is 1.84. The van der Waals surface area contributed by atoms with E-state index in [1.165, 1.54) is 6.07 Å². The van der Waals surface area contributed by atoms with Gasteiger partial charge in [0.05, 0.1) is 11.3 Å². The zero-order valence-corrected chi connectivity index (χ0v) is 12.4. The van der Waals surface area contributed by atoms with Crippen LogP contribution in [0.25, 0.3) is 0 Å². The maximum absolute atomic E-state index is 11.8. The number of carbonyl (C=O) groups excluding carboxylic acids is 1. The molecule has 0 spiro atoms.